The van der Waals surface area contributed by atoms with E-state index in [0.717, 1.165) is 13.0 Å². The molecule has 94 valence electrons. The number of anilines is 2. The summed E-state index contributed by atoms with van der Waals surface area (Å²) in [7, 11) is 1.69. The Morgan fingerprint density at radius 3 is 3.12 bits per heavy atom. The Hall–Kier alpha value is -1.04. The van der Waals surface area contributed by atoms with Crippen LogP contribution in [0.25, 0.3) is 0 Å². The lowest BCUT2D eigenvalue weighted by molar-refractivity contribution is -0.00625. The average molecular weight is 258 g/mol. The molecular formula is C11H16ClN3O2. The summed E-state index contributed by atoms with van der Waals surface area (Å²) in [6.45, 7) is 1.92. The molecule has 1 aromatic rings. The van der Waals surface area contributed by atoms with Gasteiger partial charge in [0.15, 0.2) is 0 Å². The van der Waals surface area contributed by atoms with Gasteiger partial charge in [-0.3, -0.25) is 0 Å². The number of pyridine rings is 1. The first-order chi connectivity index (χ1) is 8.15. The second-order valence-electron chi connectivity index (χ2n) is 4.14. The first-order valence-electron chi connectivity index (χ1n) is 5.43. The van der Waals surface area contributed by atoms with Crippen LogP contribution in [0.15, 0.2) is 12.3 Å². The summed E-state index contributed by atoms with van der Waals surface area (Å²) in [6, 6.07) is 1.67. The van der Waals surface area contributed by atoms with Gasteiger partial charge < -0.3 is 20.5 Å². The van der Waals surface area contributed by atoms with Gasteiger partial charge in [-0.05, 0) is 6.07 Å². The van der Waals surface area contributed by atoms with E-state index in [-0.39, 0.29) is 5.60 Å². The van der Waals surface area contributed by atoms with Crippen LogP contribution in [0.3, 0.4) is 0 Å². The van der Waals surface area contributed by atoms with Crippen molar-refractivity contribution in [2.45, 2.75) is 12.0 Å². The maximum Gasteiger partial charge on any atom is 0.145 e. The third-order valence-corrected chi connectivity index (χ3v) is 3.23. The second-order valence-corrected chi connectivity index (χ2v) is 4.55. The smallest absolute Gasteiger partial charge is 0.145 e. The first kappa shape index (κ1) is 12.4. The lowest BCUT2D eigenvalue weighted by Crippen LogP contribution is -2.39. The van der Waals surface area contributed by atoms with Crippen molar-refractivity contribution < 1.29 is 9.47 Å². The summed E-state index contributed by atoms with van der Waals surface area (Å²) >= 11 is 6.03. The zero-order valence-electron chi connectivity index (χ0n) is 9.70. The summed E-state index contributed by atoms with van der Waals surface area (Å²) in [4.78, 5) is 4.14. The van der Waals surface area contributed by atoms with Crippen LogP contribution < -0.4 is 11.1 Å². The van der Waals surface area contributed by atoms with Gasteiger partial charge in [-0.15, -0.1) is 0 Å². The molecule has 0 amide bonds. The van der Waals surface area contributed by atoms with E-state index < -0.39 is 0 Å². The van der Waals surface area contributed by atoms with E-state index in [1.54, 1.807) is 19.4 Å². The Labute approximate surface area is 105 Å². The Morgan fingerprint density at radius 2 is 2.53 bits per heavy atom. The summed E-state index contributed by atoms with van der Waals surface area (Å²) in [6.07, 6.45) is 2.43. The molecular weight excluding hydrogens is 242 g/mol. The molecule has 2 rings (SSSR count). The number of nitrogens with two attached hydrogens (primary N) is 1. The van der Waals surface area contributed by atoms with Crippen molar-refractivity contribution in [3.63, 3.8) is 0 Å². The van der Waals surface area contributed by atoms with Crippen LogP contribution in [-0.4, -0.2) is 37.5 Å². The van der Waals surface area contributed by atoms with Crippen LogP contribution >= 0.6 is 11.6 Å². The van der Waals surface area contributed by atoms with Crippen LogP contribution in [0.2, 0.25) is 5.02 Å². The highest BCUT2D eigenvalue weighted by atomic mass is 35.5. The predicted octanol–water partition coefficient (Wildman–Crippen LogP) is 1.53. The summed E-state index contributed by atoms with van der Waals surface area (Å²) in [5, 5.41) is 3.68. The van der Waals surface area contributed by atoms with Crippen LogP contribution in [0.5, 0.6) is 0 Å². The number of hydrogen-bond acceptors (Lipinski definition) is 5. The molecule has 2 heterocycles. The van der Waals surface area contributed by atoms with Gasteiger partial charge >= 0.3 is 0 Å². The number of ether oxygens (including phenoxy) is 2. The number of methoxy groups -OCH3 is 1. The third kappa shape index (κ3) is 2.80. The summed E-state index contributed by atoms with van der Waals surface area (Å²) in [5.41, 5.74) is 5.84. The van der Waals surface area contributed by atoms with E-state index in [2.05, 4.69) is 10.3 Å². The number of aromatic nitrogens is 1. The molecule has 0 saturated carbocycles. The van der Waals surface area contributed by atoms with Gasteiger partial charge in [0.25, 0.3) is 0 Å². The van der Waals surface area contributed by atoms with Crippen molar-refractivity contribution in [3.05, 3.63) is 17.3 Å². The van der Waals surface area contributed by atoms with Crippen molar-refractivity contribution in [3.8, 4) is 0 Å². The predicted molar refractivity (Wildman–Crippen MR) is 67.3 cm³/mol. The van der Waals surface area contributed by atoms with Crippen molar-refractivity contribution in [2.24, 2.45) is 0 Å². The molecule has 1 unspecified atom stereocenters. The first-order valence-corrected chi connectivity index (χ1v) is 5.81. The maximum atomic E-state index is 6.03. The molecule has 0 bridgehead atoms. The zero-order chi connectivity index (χ0) is 12.3. The number of halogens is 1. The average Bonchev–Trinajstić information content (AvgIpc) is 2.77. The molecule has 1 aliphatic rings. The summed E-state index contributed by atoms with van der Waals surface area (Å²) < 4.78 is 10.9. The largest absolute Gasteiger partial charge is 0.397 e. The summed E-state index contributed by atoms with van der Waals surface area (Å²) in [5.74, 6) is 0.615. The van der Waals surface area contributed by atoms with Gasteiger partial charge in [0.1, 0.15) is 11.4 Å². The number of nitrogen functional groups attached to an aromatic ring is 1. The fourth-order valence-electron chi connectivity index (χ4n) is 1.79. The van der Waals surface area contributed by atoms with Crippen LogP contribution in [0.4, 0.5) is 11.5 Å². The van der Waals surface area contributed by atoms with Gasteiger partial charge in [0.2, 0.25) is 0 Å². The number of hydrogen-bond donors (Lipinski definition) is 2. The molecule has 5 nitrogen and oxygen atoms in total. The molecule has 3 N–H and O–H groups in total. The van der Waals surface area contributed by atoms with E-state index in [9.17, 15) is 0 Å². The number of nitrogens with one attached hydrogen (secondary N) is 1. The molecule has 0 aromatic carbocycles. The molecule has 17 heavy (non-hydrogen) atoms. The highest BCUT2D eigenvalue weighted by Gasteiger charge is 2.34. The standard InChI is InChI=1S/C11H16ClN3O2/c1-16-11(2-3-17-7-11)6-15-10-9(12)4-8(13)5-14-10/h4-5H,2-3,6-7,13H2,1H3,(H,14,15). The van der Waals surface area contributed by atoms with E-state index in [0.29, 0.717) is 29.7 Å². The minimum absolute atomic E-state index is 0.285. The lowest BCUT2D eigenvalue weighted by Gasteiger charge is -2.26. The Kier molecular flexibility index (Phi) is 3.71. The Morgan fingerprint density at radius 1 is 1.71 bits per heavy atom. The van der Waals surface area contributed by atoms with E-state index in [1.807, 2.05) is 0 Å². The maximum absolute atomic E-state index is 6.03. The van der Waals surface area contributed by atoms with Gasteiger partial charge in [0.05, 0.1) is 23.5 Å². The van der Waals surface area contributed by atoms with Crippen LogP contribution in [-0.2, 0) is 9.47 Å². The highest BCUT2D eigenvalue weighted by molar-refractivity contribution is 6.33. The Bertz CT molecular complexity index is 394. The second kappa shape index (κ2) is 5.08. The van der Waals surface area contributed by atoms with Gasteiger partial charge in [-0.2, -0.15) is 0 Å². The lowest BCUT2D eigenvalue weighted by atomic mass is 10.0. The topological polar surface area (TPSA) is 69.4 Å². The van der Waals surface area contributed by atoms with Gasteiger partial charge in [0, 0.05) is 26.7 Å². The number of nitrogens with zero attached hydrogens (tertiary/aromatic N) is 1. The Balaban J connectivity index is 2.01. The quantitative estimate of drug-likeness (QED) is 0.856. The number of rotatable bonds is 4. The SMILES string of the molecule is COC1(CNc2ncc(N)cc2Cl)CCOC1. The van der Waals surface area contributed by atoms with E-state index >= 15 is 0 Å². The van der Waals surface area contributed by atoms with Crippen molar-refractivity contribution in [1.29, 1.82) is 0 Å². The van der Waals surface area contributed by atoms with E-state index in [4.69, 9.17) is 26.8 Å². The molecule has 1 aliphatic heterocycles. The fourth-order valence-corrected chi connectivity index (χ4v) is 2.03. The minimum atomic E-state index is -0.285. The van der Waals surface area contributed by atoms with Crippen molar-refractivity contribution >= 4 is 23.1 Å². The van der Waals surface area contributed by atoms with Gasteiger partial charge in [-0.25, -0.2) is 4.98 Å². The molecule has 1 fully saturated rings. The molecule has 1 atom stereocenters. The third-order valence-electron chi connectivity index (χ3n) is 2.94. The molecule has 1 saturated heterocycles. The molecule has 0 radical (unpaired) electrons. The zero-order valence-corrected chi connectivity index (χ0v) is 10.5. The van der Waals surface area contributed by atoms with E-state index in [1.165, 1.54) is 0 Å². The molecule has 6 heteroatoms. The molecule has 0 aliphatic carbocycles. The molecule has 0 spiro atoms. The normalized spacial score (nSPS) is 23.9. The highest BCUT2D eigenvalue weighted by Crippen LogP contribution is 2.25. The van der Waals surface area contributed by atoms with Crippen LogP contribution in [0.1, 0.15) is 6.42 Å². The van der Waals surface area contributed by atoms with Crippen LogP contribution in [0, 0.1) is 0 Å². The molecule has 1 aromatic heterocycles. The fraction of sp³-hybridized carbons (Fsp3) is 0.545. The van der Waals surface area contributed by atoms with Crippen molar-refractivity contribution in [1.82, 2.24) is 4.98 Å². The minimum Gasteiger partial charge on any atom is -0.397 e. The monoisotopic (exact) mass is 257 g/mol. The van der Waals surface area contributed by atoms with Gasteiger partial charge in [-0.1, -0.05) is 11.6 Å². The van der Waals surface area contributed by atoms with Crippen molar-refractivity contribution in [2.75, 3.05) is 37.9 Å².